The van der Waals surface area contributed by atoms with Gasteiger partial charge < -0.3 is 20.3 Å². The highest BCUT2D eigenvalue weighted by molar-refractivity contribution is 5.80. The van der Waals surface area contributed by atoms with Crippen LogP contribution < -0.4 is 10.6 Å². The second kappa shape index (κ2) is 10.6. The van der Waals surface area contributed by atoms with Crippen LogP contribution in [0.25, 0.3) is 0 Å². The molecule has 162 valence electrons. The highest BCUT2D eigenvalue weighted by Crippen LogP contribution is 2.18. The molecule has 2 unspecified atom stereocenters. The Morgan fingerprint density at radius 3 is 2.93 bits per heavy atom. The van der Waals surface area contributed by atoms with Crippen LogP contribution in [0.3, 0.4) is 0 Å². The van der Waals surface area contributed by atoms with Gasteiger partial charge in [-0.05, 0) is 32.6 Å². The molecule has 0 saturated carbocycles. The lowest BCUT2D eigenvalue weighted by Crippen LogP contribution is -2.47. The van der Waals surface area contributed by atoms with Crippen molar-refractivity contribution >= 4 is 11.9 Å². The molecule has 0 aliphatic carbocycles. The van der Waals surface area contributed by atoms with Gasteiger partial charge in [0.2, 0.25) is 5.91 Å². The molecule has 0 radical (unpaired) electrons. The zero-order valence-electron chi connectivity index (χ0n) is 18.0. The number of aromatic nitrogens is 3. The molecule has 1 aromatic heterocycles. The van der Waals surface area contributed by atoms with Crippen molar-refractivity contribution in [1.82, 2.24) is 30.3 Å². The van der Waals surface area contributed by atoms with Crippen molar-refractivity contribution in [3.05, 3.63) is 11.6 Å². The SMILES string of the molecule is CCNC(=NCCC(CC)N1CCCC1=O)NC1CCc2nc(COC)nn2C1. The second-order valence-corrected chi connectivity index (χ2v) is 7.74. The normalized spacial score (nSPS) is 20.7. The number of nitrogens with one attached hydrogen (secondary N) is 2. The maximum Gasteiger partial charge on any atom is 0.222 e. The molecule has 1 saturated heterocycles. The van der Waals surface area contributed by atoms with Gasteiger partial charge in [-0.25, -0.2) is 9.67 Å². The van der Waals surface area contributed by atoms with Crippen molar-refractivity contribution < 1.29 is 9.53 Å². The molecule has 2 aliphatic rings. The number of aliphatic imine (C=N–C) groups is 1. The molecule has 0 bridgehead atoms. The first-order valence-corrected chi connectivity index (χ1v) is 10.9. The average molecular weight is 406 g/mol. The van der Waals surface area contributed by atoms with Gasteiger partial charge in [0.1, 0.15) is 12.4 Å². The van der Waals surface area contributed by atoms with Crippen LogP contribution in [0.1, 0.15) is 57.6 Å². The zero-order valence-corrected chi connectivity index (χ0v) is 18.0. The molecule has 2 aliphatic heterocycles. The predicted octanol–water partition coefficient (Wildman–Crippen LogP) is 1.09. The van der Waals surface area contributed by atoms with Gasteiger partial charge in [-0.1, -0.05) is 6.92 Å². The van der Waals surface area contributed by atoms with Gasteiger partial charge in [-0.3, -0.25) is 9.79 Å². The summed E-state index contributed by atoms with van der Waals surface area (Å²) in [6.45, 7) is 7.86. The van der Waals surface area contributed by atoms with Crippen LogP contribution in [-0.4, -0.2) is 70.4 Å². The number of rotatable bonds is 9. The largest absolute Gasteiger partial charge is 0.377 e. The van der Waals surface area contributed by atoms with Crippen LogP contribution in [0.4, 0.5) is 0 Å². The van der Waals surface area contributed by atoms with E-state index < -0.39 is 0 Å². The quantitative estimate of drug-likeness (QED) is 0.472. The van der Waals surface area contributed by atoms with Gasteiger partial charge in [0.25, 0.3) is 0 Å². The minimum Gasteiger partial charge on any atom is -0.377 e. The highest BCUT2D eigenvalue weighted by atomic mass is 16.5. The maximum absolute atomic E-state index is 12.0. The van der Waals surface area contributed by atoms with Crippen molar-refractivity contribution in [2.24, 2.45) is 4.99 Å². The fourth-order valence-corrected chi connectivity index (χ4v) is 4.14. The predicted molar refractivity (Wildman–Crippen MR) is 112 cm³/mol. The smallest absolute Gasteiger partial charge is 0.222 e. The highest BCUT2D eigenvalue weighted by Gasteiger charge is 2.26. The number of guanidine groups is 1. The Morgan fingerprint density at radius 2 is 2.24 bits per heavy atom. The maximum atomic E-state index is 12.0. The summed E-state index contributed by atoms with van der Waals surface area (Å²) in [6.07, 6.45) is 5.45. The third kappa shape index (κ3) is 5.68. The Hall–Kier alpha value is -2.16. The summed E-state index contributed by atoms with van der Waals surface area (Å²) in [6, 6.07) is 0.558. The minimum atomic E-state index is 0.263. The fraction of sp³-hybridized carbons (Fsp3) is 0.800. The van der Waals surface area contributed by atoms with Gasteiger partial charge in [0.05, 0.1) is 6.54 Å². The fourth-order valence-electron chi connectivity index (χ4n) is 4.14. The number of amides is 1. The number of ether oxygens (including phenoxy) is 1. The topological polar surface area (TPSA) is 96.7 Å². The molecule has 0 aromatic carbocycles. The van der Waals surface area contributed by atoms with Crippen LogP contribution in [-0.2, 0) is 29.1 Å². The van der Waals surface area contributed by atoms with Crippen LogP contribution >= 0.6 is 0 Å². The molecule has 2 atom stereocenters. The monoisotopic (exact) mass is 405 g/mol. The van der Waals surface area contributed by atoms with Crippen LogP contribution in [0.2, 0.25) is 0 Å². The number of methoxy groups -OCH3 is 1. The summed E-state index contributed by atoms with van der Waals surface area (Å²) in [5.74, 6) is 2.90. The summed E-state index contributed by atoms with van der Waals surface area (Å²) in [4.78, 5) is 23.4. The number of carbonyl (C=O) groups excluding carboxylic acids is 1. The van der Waals surface area contributed by atoms with Gasteiger partial charge >= 0.3 is 0 Å². The van der Waals surface area contributed by atoms with E-state index in [1.54, 1.807) is 7.11 Å². The van der Waals surface area contributed by atoms with E-state index in [1.807, 2.05) is 9.58 Å². The first-order valence-electron chi connectivity index (χ1n) is 10.9. The number of nitrogens with zero attached hydrogens (tertiary/aromatic N) is 5. The zero-order chi connectivity index (χ0) is 20.6. The Balaban J connectivity index is 1.54. The van der Waals surface area contributed by atoms with E-state index in [9.17, 15) is 4.79 Å². The van der Waals surface area contributed by atoms with Crippen molar-refractivity contribution in [2.45, 2.75) is 77.6 Å². The Labute approximate surface area is 173 Å². The number of carbonyl (C=O) groups is 1. The molecular formula is C20H35N7O2. The van der Waals surface area contributed by atoms with E-state index in [0.717, 1.165) is 69.3 Å². The summed E-state index contributed by atoms with van der Waals surface area (Å²) in [5, 5.41) is 11.4. The van der Waals surface area contributed by atoms with E-state index in [2.05, 4.69) is 34.6 Å². The molecule has 29 heavy (non-hydrogen) atoms. The lowest BCUT2D eigenvalue weighted by atomic mass is 10.1. The van der Waals surface area contributed by atoms with Gasteiger partial charge in [0, 0.05) is 51.7 Å². The lowest BCUT2D eigenvalue weighted by molar-refractivity contribution is -0.129. The molecule has 9 heteroatoms. The lowest BCUT2D eigenvalue weighted by Gasteiger charge is -2.27. The summed E-state index contributed by atoms with van der Waals surface area (Å²) in [5.41, 5.74) is 0. The summed E-state index contributed by atoms with van der Waals surface area (Å²) in [7, 11) is 1.66. The average Bonchev–Trinajstić information content (AvgIpc) is 3.31. The standard InChI is InChI=1S/C20H35N7O2/c1-4-16(26-12-6-7-19(26)28)10-11-22-20(21-5-2)23-15-8-9-18-24-17(14-29-3)25-27(18)13-15/h15-16H,4-14H2,1-3H3,(H2,21,22,23). The number of aryl methyl sites for hydroxylation is 1. The first kappa shape index (κ1) is 21.5. The van der Waals surface area contributed by atoms with Crippen molar-refractivity contribution in [3.63, 3.8) is 0 Å². The molecule has 3 heterocycles. The van der Waals surface area contributed by atoms with Crippen LogP contribution in [0, 0.1) is 0 Å². The third-order valence-electron chi connectivity index (χ3n) is 5.61. The summed E-state index contributed by atoms with van der Waals surface area (Å²) >= 11 is 0. The van der Waals surface area contributed by atoms with E-state index in [1.165, 1.54) is 0 Å². The van der Waals surface area contributed by atoms with E-state index in [4.69, 9.17) is 9.73 Å². The molecule has 0 spiro atoms. The molecule has 2 N–H and O–H groups in total. The van der Waals surface area contributed by atoms with Crippen molar-refractivity contribution in [2.75, 3.05) is 26.7 Å². The number of hydrogen-bond donors (Lipinski definition) is 2. The minimum absolute atomic E-state index is 0.263. The van der Waals surface area contributed by atoms with Gasteiger partial charge in [-0.2, -0.15) is 5.10 Å². The number of likely N-dealkylation sites (tertiary alicyclic amines) is 1. The Kier molecular flexibility index (Phi) is 7.85. The van der Waals surface area contributed by atoms with E-state index in [-0.39, 0.29) is 6.04 Å². The molecule has 3 rings (SSSR count). The van der Waals surface area contributed by atoms with Gasteiger partial charge in [0.15, 0.2) is 11.8 Å². The van der Waals surface area contributed by atoms with E-state index in [0.29, 0.717) is 31.5 Å². The number of hydrogen-bond acceptors (Lipinski definition) is 5. The van der Waals surface area contributed by atoms with Crippen LogP contribution in [0.5, 0.6) is 0 Å². The number of fused-ring (bicyclic) bond motifs is 1. The Morgan fingerprint density at radius 1 is 1.38 bits per heavy atom. The van der Waals surface area contributed by atoms with Crippen molar-refractivity contribution in [1.29, 1.82) is 0 Å². The molecule has 1 amide bonds. The third-order valence-corrected chi connectivity index (χ3v) is 5.61. The van der Waals surface area contributed by atoms with Crippen molar-refractivity contribution in [3.8, 4) is 0 Å². The van der Waals surface area contributed by atoms with Crippen LogP contribution in [0.15, 0.2) is 4.99 Å². The molecule has 1 aromatic rings. The summed E-state index contributed by atoms with van der Waals surface area (Å²) < 4.78 is 7.12. The van der Waals surface area contributed by atoms with Gasteiger partial charge in [-0.15, -0.1) is 0 Å². The molecular weight excluding hydrogens is 370 g/mol. The second-order valence-electron chi connectivity index (χ2n) is 7.74. The van der Waals surface area contributed by atoms with E-state index >= 15 is 0 Å². The first-order chi connectivity index (χ1) is 14.1. The Bertz CT molecular complexity index is 703. The molecule has 9 nitrogen and oxygen atoms in total. The molecule has 1 fully saturated rings.